The fourth-order valence-corrected chi connectivity index (χ4v) is 2.09. The van der Waals surface area contributed by atoms with E-state index in [1.807, 2.05) is 31.2 Å². The lowest BCUT2D eigenvalue weighted by atomic mass is 10.1. The standard InChI is InChI=1S/C13H17NO3/c1-9-4-2-5-10(8-9)14-12(13(15)16)11-6-3-7-17-11/h2,4-5,8,11-12,14H,3,6-7H2,1H3,(H,15,16). The molecule has 2 N–H and O–H groups in total. The van der Waals surface area contributed by atoms with E-state index < -0.39 is 12.0 Å². The van der Waals surface area contributed by atoms with E-state index in [1.54, 1.807) is 0 Å². The summed E-state index contributed by atoms with van der Waals surface area (Å²) in [5, 5.41) is 12.3. The zero-order valence-corrected chi connectivity index (χ0v) is 9.85. The largest absolute Gasteiger partial charge is 0.480 e. The fraction of sp³-hybridized carbons (Fsp3) is 0.462. The lowest BCUT2D eigenvalue weighted by molar-refractivity contribution is -0.140. The third kappa shape index (κ3) is 2.97. The van der Waals surface area contributed by atoms with E-state index >= 15 is 0 Å². The predicted octanol–water partition coefficient (Wildman–Crippen LogP) is 2.04. The van der Waals surface area contributed by atoms with E-state index in [0.29, 0.717) is 6.61 Å². The van der Waals surface area contributed by atoms with Crippen molar-refractivity contribution < 1.29 is 14.6 Å². The van der Waals surface area contributed by atoms with Gasteiger partial charge in [-0.25, -0.2) is 4.79 Å². The quantitative estimate of drug-likeness (QED) is 0.838. The molecular weight excluding hydrogens is 218 g/mol. The topological polar surface area (TPSA) is 58.6 Å². The summed E-state index contributed by atoms with van der Waals surface area (Å²) in [6.07, 6.45) is 1.51. The average Bonchev–Trinajstić information content (AvgIpc) is 2.78. The molecule has 2 atom stereocenters. The van der Waals surface area contributed by atoms with Crippen LogP contribution in [-0.4, -0.2) is 29.8 Å². The van der Waals surface area contributed by atoms with Gasteiger partial charge in [-0.05, 0) is 37.5 Å². The summed E-state index contributed by atoms with van der Waals surface area (Å²) in [6.45, 7) is 2.64. The average molecular weight is 235 g/mol. The third-order valence-corrected chi connectivity index (χ3v) is 2.94. The Balaban J connectivity index is 2.09. The first-order valence-electron chi connectivity index (χ1n) is 5.84. The smallest absolute Gasteiger partial charge is 0.328 e. The number of nitrogens with one attached hydrogen (secondary N) is 1. The highest BCUT2D eigenvalue weighted by molar-refractivity contribution is 5.78. The van der Waals surface area contributed by atoms with Gasteiger partial charge >= 0.3 is 5.97 Å². The lowest BCUT2D eigenvalue weighted by Crippen LogP contribution is -2.40. The minimum Gasteiger partial charge on any atom is -0.480 e. The van der Waals surface area contributed by atoms with Gasteiger partial charge in [0.15, 0.2) is 6.04 Å². The van der Waals surface area contributed by atoms with Crippen molar-refractivity contribution >= 4 is 11.7 Å². The number of carboxylic acids is 1. The Morgan fingerprint density at radius 3 is 3.00 bits per heavy atom. The second-order valence-electron chi connectivity index (χ2n) is 4.38. The van der Waals surface area contributed by atoms with Crippen LogP contribution in [0.2, 0.25) is 0 Å². The highest BCUT2D eigenvalue weighted by atomic mass is 16.5. The predicted molar refractivity (Wildman–Crippen MR) is 65.2 cm³/mol. The van der Waals surface area contributed by atoms with Crippen LogP contribution in [0.25, 0.3) is 0 Å². The zero-order valence-electron chi connectivity index (χ0n) is 9.85. The van der Waals surface area contributed by atoms with Crippen LogP contribution in [0.4, 0.5) is 5.69 Å². The first-order chi connectivity index (χ1) is 8.16. The van der Waals surface area contributed by atoms with Crippen molar-refractivity contribution in [3.63, 3.8) is 0 Å². The minimum absolute atomic E-state index is 0.229. The van der Waals surface area contributed by atoms with Crippen LogP contribution in [0.15, 0.2) is 24.3 Å². The summed E-state index contributed by atoms with van der Waals surface area (Å²) in [7, 11) is 0. The Morgan fingerprint density at radius 1 is 1.59 bits per heavy atom. The molecule has 2 rings (SSSR count). The van der Waals surface area contributed by atoms with Crippen LogP contribution in [0.3, 0.4) is 0 Å². The van der Waals surface area contributed by atoms with Crippen molar-refractivity contribution in [3.8, 4) is 0 Å². The first kappa shape index (κ1) is 11.9. The van der Waals surface area contributed by atoms with E-state index in [9.17, 15) is 9.90 Å². The first-order valence-corrected chi connectivity index (χ1v) is 5.84. The Hall–Kier alpha value is -1.55. The zero-order chi connectivity index (χ0) is 12.3. The lowest BCUT2D eigenvalue weighted by Gasteiger charge is -2.21. The summed E-state index contributed by atoms with van der Waals surface area (Å²) in [5.74, 6) is -0.863. The molecular formula is C13H17NO3. The molecule has 1 aliphatic heterocycles. The van der Waals surface area contributed by atoms with Gasteiger partial charge in [-0.3, -0.25) is 0 Å². The number of ether oxygens (including phenoxy) is 1. The number of aryl methyl sites for hydroxylation is 1. The van der Waals surface area contributed by atoms with Gasteiger partial charge in [0.1, 0.15) is 0 Å². The maximum atomic E-state index is 11.2. The van der Waals surface area contributed by atoms with Crippen LogP contribution in [0.5, 0.6) is 0 Å². The van der Waals surface area contributed by atoms with Crippen molar-refractivity contribution in [2.75, 3.05) is 11.9 Å². The Bertz CT molecular complexity index is 399. The third-order valence-electron chi connectivity index (χ3n) is 2.94. The van der Waals surface area contributed by atoms with E-state index in [0.717, 1.165) is 24.1 Å². The number of hydrogen-bond acceptors (Lipinski definition) is 3. The molecule has 1 saturated heterocycles. The van der Waals surface area contributed by atoms with Crippen molar-refractivity contribution in [1.29, 1.82) is 0 Å². The van der Waals surface area contributed by atoms with Gasteiger partial charge in [-0.15, -0.1) is 0 Å². The molecule has 0 amide bonds. The molecule has 4 nitrogen and oxygen atoms in total. The van der Waals surface area contributed by atoms with Gasteiger partial charge in [0.05, 0.1) is 6.10 Å². The molecule has 0 radical (unpaired) electrons. The molecule has 1 aromatic rings. The minimum atomic E-state index is -0.863. The number of hydrogen-bond donors (Lipinski definition) is 2. The number of anilines is 1. The number of benzene rings is 1. The molecule has 2 unspecified atom stereocenters. The normalized spacial score (nSPS) is 21.1. The molecule has 0 aliphatic carbocycles. The highest BCUT2D eigenvalue weighted by Gasteiger charge is 2.31. The number of rotatable bonds is 4. The molecule has 4 heteroatoms. The Kier molecular flexibility index (Phi) is 3.64. The number of aliphatic carboxylic acids is 1. The molecule has 0 spiro atoms. The maximum Gasteiger partial charge on any atom is 0.328 e. The summed E-state index contributed by atoms with van der Waals surface area (Å²) < 4.78 is 5.44. The fourth-order valence-electron chi connectivity index (χ4n) is 2.09. The maximum absolute atomic E-state index is 11.2. The molecule has 0 aromatic heterocycles. The SMILES string of the molecule is Cc1cccc(NC(C(=O)O)C2CCCO2)c1. The Labute approximate surface area is 101 Å². The number of carboxylic acid groups (broad SMARTS) is 1. The van der Waals surface area contributed by atoms with Crippen LogP contribution in [0.1, 0.15) is 18.4 Å². The van der Waals surface area contributed by atoms with E-state index in [-0.39, 0.29) is 6.10 Å². The molecule has 1 aliphatic rings. The van der Waals surface area contributed by atoms with Gasteiger partial charge in [0.25, 0.3) is 0 Å². The van der Waals surface area contributed by atoms with Crippen LogP contribution < -0.4 is 5.32 Å². The van der Waals surface area contributed by atoms with Crippen molar-refractivity contribution in [2.45, 2.75) is 31.9 Å². The van der Waals surface area contributed by atoms with Crippen LogP contribution in [-0.2, 0) is 9.53 Å². The number of carbonyl (C=O) groups is 1. The van der Waals surface area contributed by atoms with Gasteiger partial charge in [0.2, 0.25) is 0 Å². The Morgan fingerprint density at radius 2 is 2.41 bits per heavy atom. The summed E-state index contributed by atoms with van der Waals surface area (Å²) in [6, 6.07) is 7.03. The molecule has 17 heavy (non-hydrogen) atoms. The monoisotopic (exact) mass is 235 g/mol. The van der Waals surface area contributed by atoms with Gasteiger partial charge < -0.3 is 15.2 Å². The van der Waals surface area contributed by atoms with E-state index in [1.165, 1.54) is 0 Å². The van der Waals surface area contributed by atoms with Crippen molar-refractivity contribution in [1.82, 2.24) is 0 Å². The highest BCUT2D eigenvalue weighted by Crippen LogP contribution is 2.20. The molecule has 0 saturated carbocycles. The van der Waals surface area contributed by atoms with E-state index in [2.05, 4.69) is 5.32 Å². The molecule has 92 valence electrons. The summed E-state index contributed by atoms with van der Waals surface area (Å²) in [4.78, 5) is 11.2. The second kappa shape index (κ2) is 5.19. The van der Waals surface area contributed by atoms with Crippen LogP contribution in [0, 0.1) is 6.92 Å². The van der Waals surface area contributed by atoms with E-state index in [4.69, 9.17) is 4.74 Å². The van der Waals surface area contributed by atoms with Crippen LogP contribution >= 0.6 is 0 Å². The van der Waals surface area contributed by atoms with Gasteiger partial charge in [0, 0.05) is 12.3 Å². The summed E-state index contributed by atoms with van der Waals surface area (Å²) >= 11 is 0. The van der Waals surface area contributed by atoms with Gasteiger partial charge in [-0.1, -0.05) is 12.1 Å². The molecule has 0 bridgehead atoms. The molecule has 1 aromatic carbocycles. The van der Waals surface area contributed by atoms with Crippen molar-refractivity contribution in [2.24, 2.45) is 0 Å². The summed E-state index contributed by atoms with van der Waals surface area (Å²) in [5.41, 5.74) is 1.93. The van der Waals surface area contributed by atoms with Crippen molar-refractivity contribution in [3.05, 3.63) is 29.8 Å². The second-order valence-corrected chi connectivity index (χ2v) is 4.38. The molecule has 1 fully saturated rings. The molecule has 1 heterocycles. The van der Waals surface area contributed by atoms with Gasteiger partial charge in [-0.2, -0.15) is 0 Å².